The van der Waals surface area contributed by atoms with Crippen molar-refractivity contribution in [3.8, 4) is 5.06 Å². The molecule has 2 heterocycles. The Balaban J connectivity index is 1.73. The number of anilines is 2. The number of carbonyl (C=O) groups is 2. The van der Waals surface area contributed by atoms with Crippen LogP contribution >= 0.6 is 22.9 Å². The van der Waals surface area contributed by atoms with Gasteiger partial charge >= 0.3 is 12.3 Å². The molecular weight excluding hydrogens is 493 g/mol. The second-order valence-electron chi connectivity index (χ2n) is 8.53. The van der Waals surface area contributed by atoms with Crippen molar-refractivity contribution in [3.05, 3.63) is 40.2 Å². The first-order chi connectivity index (χ1) is 15.8. The molecule has 0 saturated carbocycles. The van der Waals surface area contributed by atoms with Gasteiger partial charge in [0.05, 0.1) is 9.90 Å². The standard InChI is InChI=1S/C22H26ClF3N4O3S/c1-21(2,28-20(32)33-18-8-7-17(23)34-18)19(31)27-14-5-6-16(15(13-14)22(24,25)26)30-10-4-9-29(3)11-12-30/h5-8,13H,4,9-12H2,1-3H3,(H,27,31)(H,28,32). The average molecular weight is 519 g/mol. The van der Waals surface area contributed by atoms with Gasteiger partial charge in [0.25, 0.3) is 0 Å². The molecule has 34 heavy (non-hydrogen) atoms. The maximum Gasteiger partial charge on any atom is 0.418 e. The average Bonchev–Trinajstić information content (AvgIpc) is 3.00. The van der Waals surface area contributed by atoms with Gasteiger partial charge in [-0.15, -0.1) is 0 Å². The Bertz CT molecular complexity index is 1040. The van der Waals surface area contributed by atoms with Crippen LogP contribution in [0.3, 0.4) is 0 Å². The fraction of sp³-hybridized carbons (Fsp3) is 0.455. The molecule has 1 fully saturated rings. The zero-order valence-electron chi connectivity index (χ0n) is 19.0. The van der Waals surface area contributed by atoms with Crippen LogP contribution in [0.5, 0.6) is 5.06 Å². The third-order valence-corrected chi connectivity index (χ3v) is 6.45. The van der Waals surface area contributed by atoms with Gasteiger partial charge in [-0.25, -0.2) is 4.79 Å². The molecule has 3 rings (SSSR count). The number of ether oxygens (including phenoxy) is 1. The van der Waals surface area contributed by atoms with Crippen molar-refractivity contribution < 1.29 is 27.5 Å². The Hall–Kier alpha value is -2.50. The molecule has 1 aromatic carbocycles. The van der Waals surface area contributed by atoms with Gasteiger partial charge in [0.15, 0.2) is 5.06 Å². The van der Waals surface area contributed by atoms with E-state index in [1.54, 1.807) is 11.0 Å². The minimum absolute atomic E-state index is 0.0266. The molecule has 0 atom stereocenters. The fourth-order valence-corrected chi connectivity index (χ4v) is 4.35. The smallest absolute Gasteiger partial charge is 0.399 e. The van der Waals surface area contributed by atoms with Crippen LogP contribution < -0.4 is 20.3 Å². The molecule has 12 heteroatoms. The van der Waals surface area contributed by atoms with E-state index in [2.05, 4.69) is 15.5 Å². The molecule has 0 bridgehead atoms. The molecular formula is C22H26ClF3N4O3S. The van der Waals surface area contributed by atoms with E-state index in [1.807, 2.05) is 7.05 Å². The lowest BCUT2D eigenvalue weighted by Crippen LogP contribution is -2.53. The molecule has 0 spiro atoms. The van der Waals surface area contributed by atoms with E-state index in [0.29, 0.717) is 24.0 Å². The second-order valence-corrected chi connectivity index (χ2v) is 10.2. The van der Waals surface area contributed by atoms with Crippen LogP contribution in [0.4, 0.5) is 29.3 Å². The van der Waals surface area contributed by atoms with E-state index < -0.39 is 29.3 Å². The van der Waals surface area contributed by atoms with Gasteiger partial charge in [-0.1, -0.05) is 22.9 Å². The lowest BCUT2D eigenvalue weighted by atomic mass is 10.0. The van der Waals surface area contributed by atoms with Crippen molar-refractivity contribution in [1.82, 2.24) is 10.2 Å². The first-order valence-corrected chi connectivity index (χ1v) is 11.8. The van der Waals surface area contributed by atoms with Gasteiger partial charge in [-0.2, -0.15) is 13.2 Å². The number of benzene rings is 1. The van der Waals surface area contributed by atoms with Crippen molar-refractivity contribution in [2.75, 3.05) is 43.4 Å². The molecule has 2 amide bonds. The highest BCUT2D eigenvalue weighted by atomic mass is 35.5. The van der Waals surface area contributed by atoms with E-state index >= 15 is 0 Å². The first-order valence-electron chi connectivity index (χ1n) is 10.6. The van der Waals surface area contributed by atoms with Crippen molar-refractivity contribution >= 4 is 46.3 Å². The highest BCUT2D eigenvalue weighted by Crippen LogP contribution is 2.39. The summed E-state index contributed by atoms with van der Waals surface area (Å²) in [5.74, 6) is -0.703. The fourth-order valence-electron chi connectivity index (χ4n) is 3.47. The molecule has 2 aromatic rings. The quantitative estimate of drug-likeness (QED) is 0.578. The molecule has 0 aliphatic carbocycles. The maximum absolute atomic E-state index is 13.9. The number of amides is 2. The highest BCUT2D eigenvalue weighted by molar-refractivity contribution is 7.17. The summed E-state index contributed by atoms with van der Waals surface area (Å²) >= 11 is 6.84. The van der Waals surface area contributed by atoms with Crippen molar-refractivity contribution in [2.24, 2.45) is 0 Å². The lowest BCUT2D eigenvalue weighted by Gasteiger charge is -2.28. The molecule has 2 N–H and O–H groups in total. The number of thiophene rings is 1. The van der Waals surface area contributed by atoms with E-state index in [1.165, 1.54) is 32.0 Å². The Morgan fingerprint density at radius 3 is 2.47 bits per heavy atom. The van der Waals surface area contributed by atoms with Gasteiger partial charge in [0, 0.05) is 31.0 Å². The predicted octanol–water partition coefficient (Wildman–Crippen LogP) is 5.07. The van der Waals surface area contributed by atoms with E-state index in [4.69, 9.17) is 16.3 Å². The Morgan fingerprint density at radius 1 is 1.09 bits per heavy atom. The normalized spacial score (nSPS) is 15.6. The number of rotatable bonds is 5. The number of likely N-dealkylation sites (N-methyl/N-ethyl adjacent to an activating group) is 1. The Labute approximate surface area is 204 Å². The zero-order valence-corrected chi connectivity index (χ0v) is 20.5. The van der Waals surface area contributed by atoms with Crippen molar-refractivity contribution in [1.29, 1.82) is 0 Å². The van der Waals surface area contributed by atoms with Crippen LogP contribution in [0.25, 0.3) is 0 Å². The SMILES string of the molecule is CN1CCCN(c2ccc(NC(=O)C(C)(C)NC(=O)Oc3ccc(Cl)s3)cc2C(F)(F)F)CC1. The Morgan fingerprint density at radius 2 is 1.82 bits per heavy atom. The third kappa shape index (κ3) is 6.77. The summed E-state index contributed by atoms with van der Waals surface area (Å²) in [6, 6.07) is 6.78. The molecule has 1 aliphatic rings. The van der Waals surface area contributed by atoms with E-state index in [9.17, 15) is 22.8 Å². The molecule has 0 radical (unpaired) electrons. The van der Waals surface area contributed by atoms with E-state index in [0.717, 1.165) is 30.4 Å². The number of hydrogen-bond acceptors (Lipinski definition) is 6. The molecule has 1 aromatic heterocycles. The van der Waals surface area contributed by atoms with Gasteiger partial charge in [0.1, 0.15) is 5.54 Å². The number of carbonyl (C=O) groups excluding carboxylic acids is 2. The summed E-state index contributed by atoms with van der Waals surface area (Å²) in [4.78, 5) is 28.7. The number of halogens is 4. The monoisotopic (exact) mass is 518 g/mol. The number of hydrogen-bond donors (Lipinski definition) is 2. The van der Waals surface area contributed by atoms with Crippen molar-refractivity contribution in [3.63, 3.8) is 0 Å². The minimum atomic E-state index is -4.60. The van der Waals surface area contributed by atoms with Crippen molar-refractivity contribution in [2.45, 2.75) is 32.0 Å². The molecule has 186 valence electrons. The molecule has 1 aliphatic heterocycles. The minimum Gasteiger partial charge on any atom is -0.399 e. The Kier molecular flexibility index (Phi) is 7.99. The van der Waals surface area contributed by atoms with Crippen LogP contribution in [0.15, 0.2) is 30.3 Å². The largest absolute Gasteiger partial charge is 0.418 e. The van der Waals surface area contributed by atoms with Gasteiger partial charge in [-0.05, 0) is 64.2 Å². The van der Waals surface area contributed by atoms with Crippen LogP contribution in [-0.2, 0) is 11.0 Å². The number of nitrogens with zero attached hydrogens (tertiary/aromatic N) is 2. The second kappa shape index (κ2) is 10.4. The number of alkyl halides is 3. The van der Waals surface area contributed by atoms with Crippen LogP contribution in [0.1, 0.15) is 25.8 Å². The maximum atomic E-state index is 13.9. The summed E-state index contributed by atoms with van der Waals surface area (Å²) in [7, 11) is 1.94. The van der Waals surface area contributed by atoms with Gasteiger partial charge < -0.3 is 25.2 Å². The summed E-state index contributed by atoms with van der Waals surface area (Å²) in [5.41, 5.74) is -2.24. The topological polar surface area (TPSA) is 73.9 Å². The number of nitrogens with one attached hydrogen (secondary N) is 2. The lowest BCUT2D eigenvalue weighted by molar-refractivity contribution is -0.137. The third-order valence-electron chi connectivity index (χ3n) is 5.34. The summed E-state index contributed by atoms with van der Waals surface area (Å²) in [6.07, 6.45) is -4.75. The molecule has 1 saturated heterocycles. The zero-order chi connectivity index (χ0) is 25.1. The summed E-state index contributed by atoms with van der Waals surface area (Å²) < 4.78 is 47.2. The highest BCUT2D eigenvalue weighted by Gasteiger charge is 2.36. The first kappa shape index (κ1) is 26.1. The van der Waals surface area contributed by atoms with E-state index in [-0.39, 0.29) is 16.4 Å². The molecule has 0 unspecified atom stereocenters. The van der Waals surface area contributed by atoms with Crippen LogP contribution in [0.2, 0.25) is 4.34 Å². The molecule has 7 nitrogen and oxygen atoms in total. The summed E-state index contributed by atoms with van der Waals surface area (Å²) in [5, 5.41) is 5.11. The predicted molar refractivity (Wildman–Crippen MR) is 127 cm³/mol. The van der Waals surface area contributed by atoms with Gasteiger partial charge in [-0.3, -0.25) is 4.79 Å². The summed E-state index contributed by atoms with van der Waals surface area (Å²) in [6.45, 7) is 5.28. The van der Waals surface area contributed by atoms with Crippen LogP contribution in [-0.4, -0.2) is 55.7 Å². The van der Waals surface area contributed by atoms with Crippen LogP contribution in [0, 0.1) is 0 Å². The van der Waals surface area contributed by atoms with Gasteiger partial charge in [0.2, 0.25) is 5.91 Å².